The zero-order chi connectivity index (χ0) is 20.0. The average Bonchev–Trinajstić information content (AvgIpc) is 3.16. The van der Waals surface area contributed by atoms with Gasteiger partial charge in [-0.25, -0.2) is 13.4 Å². The Kier molecular flexibility index (Phi) is 4.51. The number of sulfonamides is 1. The summed E-state index contributed by atoms with van der Waals surface area (Å²) in [6, 6.07) is 8.01. The van der Waals surface area contributed by atoms with Crippen molar-refractivity contribution < 1.29 is 13.2 Å². The van der Waals surface area contributed by atoms with Crippen LogP contribution in [0.1, 0.15) is 30.3 Å². The second-order valence-corrected chi connectivity index (χ2v) is 10.2. The van der Waals surface area contributed by atoms with Crippen LogP contribution in [-0.4, -0.2) is 53.8 Å². The first kappa shape index (κ1) is 18.5. The number of carbonyl (C=O) groups is 1. The molecule has 0 radical (unpaired) electrons. The molecule has 1 amide bonds. The summed E-state index contributed by atoms with van der Waals surface area (Å²) >= 11 is 1.65. The number of para-hydroxylation sites is 1. The van der Waals surface area contributed by atoms with Gasteiger partial charge in [-0.15, -0.1) is 15.7 Å². The number of amides is 1. The van der Waals surface area contributed by atoms with E-state index in [0.29, 0.717) is 24.5 Å². The number of hydrogen-bond donors (Lipinski definition) is 0. The Balaban J connectivity index is 1.43. The van der Waals surface area contributed by atoms with E-state index in [4.69, 9.17) is 4.98 Å². The smallest absolute Gasteiger partial charge is 0.256 e. The van der Waals surface area contributed by atoms with Gasteiger partial charge in [0.05, 0.1) is 27.6 Å². The highest BCUT2D eigenvalue weighted by atomic mass is 32.2. The Labute approximate surface area is 173 Å². The summed E-state index contributed by atoms with van der Waals surface area (Å²) in [5.41, 5.74) is 1.52. The lowest BCUT2D eigenvalue weighted by atomic mass is 10.0. The molecule has 1 fully saturated rings. The van der Waals surface area contributed by atoms with Gasteiger partial charge < -0.3 is 9.80 Å². The second-order valence-electron chi connectivity index (χ2n) is 7.38. The van der Waals surface area contributed by atoms with Crippen LogP contribution >= 0.6 is 11.3 Å². The minimum absolute atomic E-state index is 0.0280. The SMILES string of the molecule is O=C(C1=CN2CCS(=O)(=O)N=C2C=C1)N1CCCCC1c1nc2ccccc2s1. The van der Waals surface area contributed by atoms with Gasteiger partial charge in [0.15, 0.2) is 0 Å². The maximum atomic E-state index is 13.4. The van der Waals surface area contributed by atoms with Gasteiger partial charge in [-0.2, -0.15) is 0 Å². The lowest BCUT2D eigenvalue weighted by molar-refractivity contribution is -0.130. The topological polar surface area (TPSA) is 82.9 Å². The van der Waals surface area contributed by atoms with Crippen molar-refractivity contribution in [2.75, 3.05) is 18.8 Å². The van der Waals surface area contributed by atoms with Crippen molar-refractivity contribution in [3.8, 4) is 0 Å². The van der Waals surface area contributed by atoms with E-state index in [1.54, 1.807) is 34.6 Å². The molecule has 5 rings (SSSR count). The molecule has 3 aliphatic rings. The van der Waals surface area contributed by atoms with Crippen LogP contribution < -0.4 is 0 Å². The van der Waals surface area contributed by atoms with Gasteiger partial charge in [0.1, 0.15) is 10.8 Å². The molecule has 3 aliphatic heterocycles. The number of likely N-dealkylation sites (tertiary alicyclic amines) is 1. The molecule has 0 bridgehead atoms. The first-order valence-corrected chi connectivity index (χ1v) is 12.1. The van der Waals surface area contributed by atoms with Crippen LogP contribution in [0.5, 0.6) is 0 Å². The number of fused-ring (bicyclic) bond motifs is 2. The molecule has 29 heavy (non-hydrogen) atoms. The zero-order valence-corrected chi connectivity index (χ0v) is 17.3. The summed E-state index contributed by atoms with van der Waals surface area (Å²) in [6.45, 7) is 1.00. The fourth-order valence-electron chi connectivity index (χ4n) is 3.96. The third-order valence-electron chi connectivity index (χ3n) is 5.43. The number of thiazole rings is 1. The lowest BCUT2D eigenvalue weighted by Gasteiger charge is -2.36. The van der Waals surface area contributed by atoms with Crippen molar-refractivity contribution in [1.29, 1.82) is 0 Å². The van der Waals surface area contributed by atoms with Gasteiger partial charge in [-0.3, -0.25) is 4.79 Å². The minimum Gasteiger partial charge on any atom is -0.330 e. The summed E-state index contributed by atoms with van der Waals surface area (Å²) in [6.07, 6.45) is 7.94. The minimum atomic E-state index is -3.41. The van der Waals surface area contributed by atoms with Crippen molar-refractivity contribution in [2.45, 2.75) is 25.3 Å². The van der Waals surface area contributed by atoms with E-state index in [1.807, 2.05) is 23.1 Å². The third kappa shape index (κ3) is 3.49. The van der Waals surface area contributed by atoms with Crippen LogP contribution in [0.2, 0.25) is 0 Å². The quantitative estimate of drug-likeness (QED) is 0.735. The van der Waals surface area contributed by atoms with E-state index in [2.05, 4.69) is 10.5 Å². The first-order chi connectivity index (χ1) is 14.0. The van der Waals surface area contributed by atoms with Crippen molar-refractivity contribution in [2.24, 2.45) is 4.40 Å². The molecular formula is C20H20N4O3S2. The standard InChI is InChI=1S/C20H20N4O3S2/c25-20(14-8-9-18-22-29(26,27)12-11-23(18)13-14)24-10-4-3-6-16(24)19-21-15-5-1-2-7-17(15)28-19/h1-2,5,7-9,13,16H,3-4,6,10-12H2. The molecular weight excluding hydrogens is 408 g/mol. The Bertz CT molecular complexity index is 1150. The molecule has 1 aromatic carbocycles. The molecule has 1 saturated heterocycles. The molecule has 0 aliphatic carbocycles. The summed E-state index contributed by atoms with van der Waals surface area (Å²) in [7, 11) is -3.41. The van der Waals surface area contributed by atoms with E-state index < -0.39 is 10.0 Å². The van der Waals surface area contributed by atoms with Crippen molar-refractivity contribution in [1.82, 2.24) is 14.8 Å². The normalized spacial score (nSPS) is 23.5. The molecule has 150 valence electrons. The van der Waals surface area contributed by atoms with Crippen LogP contribution in [0, 0.1) is 0 Å². The predicted octanol–water partition coefficient (Wildman–Crippen LogP) is 2.85. The molecule has 9 heteroatoms. The predicted molar refractivity (Wildman–Crippen MR) is 113 cm³/mol. The highest BCUT2D eigenvalue weighted by Crippen LogP contribution is 2.36. The van der Waals surface area contributed by atoms with Crippen LogP contribution in [0.3, 0.4) is 0 Å². The largest absolute Gasteiger partial charge is 0.330 e. The van der Waals surface area contributed by atoms with Crippen LogP contribution in [-0.2, 0) is 14.8 Å². The maximum Gasteiger partial charge on any atom is 0.256 e. The van der Waals surface area contributed by atoms with Crippen molar-refractivity contribution in [3.05, 3.63) is 53.2 Å². The summed E-state index contributed by atoms with van der Waals surface area (Å²) in [5, 5.41) is 0.978. The Morgan fingerprint density at radius 3 is 2.86 bits per heavy atom. The van der Waals surface area contributed by atoms with Gasteiger partial charge in [-0.05, 0) is 43.5 Å². The van der Waals surface area contributed by atoms with E-state index >= 15 is 0 Å². The van der Waals surface area contributed by atoms with Gasteiger partial charge >= 0.3 is 0 Å². The lowest BCUT2D eigenvalue weighted by Crippen LogP contribution is -2.41. The Morgan fingerprint density at radius 1 is 1.14 bits per heavy atom. The van der Waals surface area contributed by atoms with Crippen LogP contribution in [0.25, 0.3) is 10.2 Å². The van der Waals surface area contributed by atoms with Crippen molar-refractivity contribution >= 4 is 43.3 Å². The fourth-order valence-corrected chi connectivity index (χ4v) is 6.04. The number of piperidine rings is 1. The molecule has 0 saturated carbocycles. The average molecular weight is 429 g/mol. The molecule has 1 unspecified atom stereocenters. The number of hydrogen-bond acceptors (Lipinski definition) is 6. The number of amidine groups is 1. The Hall–Kier alpha value is -2.52. The van der Waals surface area contributed by atoms with Crippen molar-refractivity contribution in [3.63, 3.8) is 0 Å². The highest BCUT2D eigenvalue weighted by Gasteiger charge is 2.33. The molecule has 2 aromatic rings. The second kappa shape index (κ2) is 7.07. The van der Waals surface area contributed by atoms with Gasteiger partial charge in [0, 0.05) is 19.3 Å². The summed E-state index contributed by atoms with van der Waals surface area (Å²) in [5.74, 6) is 0.284. The number of aromatic nitrogens is 1. The summed E-state index contributed by atoms with van der Waals surface area (Å²) < 4.78 is 28.3. The van der Waals surface area contributed by atoms with Gasteiger partial charge in [0.2, 0.25) is 0 Å². The third-order valence-corrected chi connectivity index (χ3v) is 7.73. The number of nitrogens with zero attached hydrogens (tertiary/aromatic N) is 4. The van der Waals surface area contributed by atoms with E-state index in [0.717, 1.165) is 34.5 Å². The van der Waals surface area contributed by atoms with Crippen LogP contribution in [0.15, 0.2) is 52.6 Å². The van der Waals surface area contributed by atoms with E-state index in [1.165, 1.54) is 0 Å². The van der Waals surface area contributed by atoms with Gasteiger partial charge in [-0.1, -0.05) is 12.1 Å². The first-order valence-electron chi connectivity index (χ1n) is 9.66. The summed E-state index contributed by atoms with van der Waals surface area (Å²) in [4.78, 5) is 21.8. The van der Waals surface area contributed by atoms with Crippen LogP contribution in [0.4, 0.5) is 0 Å². The zero-order valence-electron chi connectivity index (χ0n) is 15.7. The van der Waals surface area contributed by atoms with E-state index in [-0.39, 0.29) is 17.7 Å². The number of carbonyl (C=O) groups excluding carboxylic acids is 1. The Morgan fingerprint density at radius 2 is 2.00 bits per heavy atom. The molecule has 4 heterocycles. The maximum absolute atomic E-state index is 13.4. The molecule has 1 aromatic heterocycles. The monoisotopic (exact) mass is 428 g/mol. The molecule has 7 nitrogen and oxygen atoms in total. The number of benzene rings is 1. The molecule has 0 spiro atoms. The van der Waals surface area contributed by atoms with Gasteiger partial charge in [0.25, 0.3) is 15.9 Å². The molecule has 1 atom stereocenters. The fraction of sp³-hybridized carbons (Fsp3) is 0.350. The van der Waals surface area contributed by atoms with E-state index in [9.17, 15) is 13.2 Å². The highest BCUT2D eigenvalue weighted by molar-refractivity contribution is 7.90. The molecule has 0 N–H and O–H groups in total. The number of rotatable bonds is 2.